The number of amidine groups is 1. The molecule has 122 valence electrons. The van der Waals surface area contributed by atoms with Gasteiger partial charge in [-0.2, -0.15) is 0 Å². The number of carbonyl (C=O) groups is 2. The minimum atomic E-state index is -0.584. The lowest BCUT2D eigenvalue weighted by Gasteiger charge is -2.08. The van der Waals surface area contributed by atoms with Crippen LogP contribution in [-0.4, -0.2) is 22.2 Å². The molecule has 0 aromatic heterocycles. The molecule has 0 aliphatic carbocycles. The normalized spacial score (nSPS) is 18.5. The lowest BCUT2D eigenvalue weighted by molar-refractivity contribution is -0.122. The summed E-state index contributed by atoms with van der Waals surface area (Å²) in [5, 5.41) is 5.00. The number of carbonyl (C=O) groups excluding carboxylic acids is 2. The molecule has 0 radical (unpaired) electrons. The van der Waals surface area contributed by atoms with E-state index in [1.807, 2.05) is 30.3 Å². The van der Waals surface area contributed by atoms with E-state index in [4.69, 9.17) is 0 Å². The molecule has 5 nitrogen and oxygen atoms in total. The third kappa shape index (κ3) is 3.99. The van der Waals surface area contributed by atoms with Crippen molar-refractivity contribution in [1.82, 2.24) is 5.32 Å². The molecule has 0 saturated carbocycles. The molecule has 0 unspecified atom stereocenters. The van der Waals surface area contributed by atoms with Crippen molar-refractivity contribution < 1.29 is 14.0 Å². The number of hydrogen-bond acceptors (Lipinski definition) is 4. The first kappa shape index (κ1) is 16.2. The molecule has 0 bridgehead atoms. The summed E-state index contributed by atoms with van der Waals surface area (Å²) < 4.78 is 13.5. The molecule has 1 atom stereocenters. The molecule has 1 aliphatic heterocycles. The Balaban J connectivity index is 1.62. The van der Waals surface area contributed by atoms with E-state index in [-0.39, 0.29) is 18.0 Å². The van der Waals surface area contributed by atoms with Crippen molar-refractivity contribution in [1.29, 1.82) is 0 Å². The average Bonchev–Trinajstić information content (AvgIpc) is 2.90. The van der Waals surface area contributed by atoms with Crippen molar-refractivity contribution in [2.24, 2.45) is 4.99 Å². The van der Waals surface area contributed by atoms with Gasteiger partial charge in [0.15, 0.2) is 5.17 Å². The maximum atomic E-state index is 13.5. The molecule has 2 N–H and O–H groups in total. The fourth-order valence-corrected chi connectivity index (χ4v) is 3.13. The second-order valence-electron chi connectivity index (χ2n) is 5.08. The van der Waals surface area contributed by atoms with Crippen molar-refractivity contribution >= 4 is 40.1 Å². The summed E-state index contributed by atoms with van der Waals surface area (Å²) in [7, 11) is 0. The number of thioether (sulfide) groups is 1. The zero-order chi connectivity index (χ0) is 16.9. The topological polar surface area (TPSA) is 70.6 Å². The number of nitrogens with zero attached hydrogens (tertiary/aromatic N) is 1. The number of rotatable bonds is 4. The second kappa shape index (κ2) is 7.27. The van der Waals surface area contributed by atoms with Crippen LogP contribution >= 0.6 is 11.8 Å². The highest BCUT2D eigenvalue weighted by Gasteiger charge is 2.32. The largest absolute Gasteiger partial charge is 0.324 e. The summed E-state index contributed by atoms with van der Waals surface area (Å²) in [6.07, 6.45) is -0.0569. The van der Waals surface area contributed by atoms with Crippen LogP contribution in [0, 0.1) is 5.82 Å². The number of nitrogens with one attached hydrogen (secondary N) is 2. The number of anilines is 1. The predicted molar refractivity (Wildman–Crippen MR) is 92.7 cm³/mol. The Labute approximate surface area is 142 Å². The number of para-hydroxylation sites is 2. The highest BCUT2D eigenvalue weighted by Crippen LogP contribution is 2.25. The van der Waals surface area contributed by atoms with Gasteiger partial charge in [0.1, 0.15) is 11.1 Å². The minimum Gasteiger partial charge on any atom is -0.324 e. The number of aliphatic imine (C=N–C) groups is 1. The molecule has 2 aromatic carbocycles. The van der Waals surface area contributed by atoms with E-state index in [1.165, 1.54) is 30.0 Å². The van der Waals surface area contributed by atoms with Crippen LogP contribution in [0.5, 0.6) is 0 Å². The van der Waals surface area contributed by atoms with Crippen molar-refractivity contribution in [3.8, 4) is 0 Å². The van der Waals surface area contributed by atoms with Gasteiger partial charge in [-0.15, -0.1) is 0 Å². The summed E-state index contributed by atoms with van der Waals surface area (Å²) in [6.45, 7) is 0. The zero-order valence-electron chi connectivity index (χ0n) is 12.5. The smallest absolute Gasteiger partial charge is 0.240 e. The van der Waals surface area contributed by atoms with Gasteiger partial charge in [-0.05, 0) is 24.3 Å². The van der Waals surface area contributed by atoms with Gasteiger partial charge in [-0.1, -0.05) is 42.1 Å². The molecule has 1 heterocycles. The van der Waals surface area contributed by atoms with Crippen molar-refractivity contribution in [2.45, 2.75) is 11.7 Å². The van der Waals surface area contributed by atoms with Crippen LogP contribution in [-0.2, 0) is 9.59 Å². The van der Waals surface area contributed by atoms with E-state index in [1.54, 1.807) is 6.07 Å². The Morgan fingerprint density at radius 1 is 1.17 bits per heavy atom. The fourth-order valence-electron chi connectivity index (χ4n) is 2.14. The van der Waals surface area contributed by atoms with E-state index in [9.17, 15) is 14.0 Å². The van der Waals surface area contributed by atoms with Gasteiger partial charge in [0.25, 0.3) is 0 Å². The van der Waals surface area contributed by atoms with Crippen LogP contribution in [0.3, 0.4) is 0 Å². The van der Waals surface area contributed by atoms with Crippen LogP contribution in [0.4, 0.5) is 15.8 Å². The zero-order valence-corrected chi connectivity index (χ0v) is 13.3. The summed E-state index contributed by atoms with van der Waals surface area (Å²) in [5.74, 6) is -1.22. The van der Waals surface area contributed by atoms with Crippen LogP contribution in [0.25, 0.3) is 0 Å². The van der Waals surface area contributed by atoms with Crippen molar-refractivity contribution in [3.05, 3.63) is 60.4 Å². The Hall–Kier alpha value is -2.67. The molecule has 1 aliphatic rings. The van der Waals surface area contributed by atoms with Crippen molar-refractivity contribution in [3.63, 3.8) is 0 Å². The lowest BCUT2D eigenvalue weighted by Crippen LogP contribution is -2.28. The first-order valence-corrected chi connectivity index (χ1v) is 8.15. The number of amides is 2. The lowest BCUT2D eigenvalue weighted by atomic mass is 10.2. The molecule has 3 rings (SSSR count). The quantitative estimate of drug-likeness (QED) is 0.896. The van der Waals surface area contributed by atoms with E-state index < -0.39 is 17.0 Å². The molecular weight excluding hydrogens is 329 g/mol. The third-order valence-corrected chi connectivity index (χ3v) is 4.36. The average molecular weight is 343 g/mol. The van der Waals surface area contributed by atoms with Gasteiger partial charge in [0.2, 0.25) is 11.8 Å². The first-order chi connectivity index (χ1) is 11.6. The van der Waals surface area contributed by atoms with Crippen LogP contribution in [0.15, 0.2) is 59.6 Å². The molecule has 1 saturated heterocycles. The van der Waals surface area contributed by atoms with E-state index in [0.29, 0.717) is 5.17 Å². The fraction of sp³-hybridized carbons (Fsp3) is 0.118. The van der Waals surface area contributed by atoms with Gasteiger partial charge >= 0.3 is 0 Å². The molecule has 24 heavy (non-hydrogen) atoms. The molecule has 7 heteroatoms. The van der Waals surface area contributed by atoms with Gasteiger partial charge in [0.05, 0.1) is 11.4 Å². The Kier molecular flexibility index (Phi) is 4.90. The summed E-state index contributed by atoms with van der Waals surface area (Å²) in [4.78, 5) is 28.3. The summed E-state index contributed by atoms with van der Waals surface area (Å²) >= 11 is 1.19. The standard InChI is InChI=1S/C17H14FN3O2S/c18-12-8-4-5-9-13(12)20-15(22)10-14-16(23)21-17(24-14)19-11-6-2-1-3-7-11/h1-9,14H,10H2,(H,20,22)(H,19,21,23)/t14-/m0/s1. The summed E-state index contributed by atoms with van der Waals surface area (Å²) in [5.41, 5.74) is 0.820. The SMILES string of the molecule is O=C(C[C@@H]1SC(=Nc2ccccc2)NC1=O)Nc1ccccc1F. The Morgan fingerprint density at radius 3 is 2.62 bits per heavy atom. The van der Waals surface area contributed by atoms with Crippen LogP contribution in [0.2, 0.25) is 0 Å². The first-order valence-electron chi connectivity index (χ1n) is 7.27. The molecule has 2 aromatic rings. The highest BCUT2D eigenvalue weighted by atomic mass is 32.2. The van der Waals surface area contributed by atoms with E-state index in [2.05, 4.69) is 15.6 Å². The minimum absolute atomic E-state index is 0.0569. The third-order valence-electron chi connectivity index (χ3n) is 3.28. The monoisotopic (exact) mass is 343 g/mol. The number of halogens is 1. The van der Waals surface area contributed by atoms with Gasteiger partial charge in [0, 0.05) is 6.42 Å². The Bertz CT molecular complexity index is 795. The number of benzene rings is 2. The molecule has 1 fully saturated rings. The van der Waals surface area contributed by atoms with Crippen LogP contribution in [0.1, 0.15) is 6.42 Å². The highest BCUT2D eigenvalue weighted by molar-refractivity contribution is 8.15. The Morgan fingerprint density at radius 2 is 1.88 bits per heavy atom. The van der Waals surface area contributed by atoms with Crippen LogP contribution < -0.4 is 10.6 Å². The van der Waals surface area contributed by atoms with Gasteiger partial charge in [-0.3, -0.25) is 9.59 Å². The van der Waals surface area contributed by atoms with E-state index in [0.717, 1.165) is 5.69 Å². The molecular formula is C17H14FN3O2S. The second-order valence-corrected chi connectivity index (χ2v) is 6.27. The maximum absolute atomic E-state index is 13.5. The predicted octanol–water partition coefficient (Wildman–Crippen LogP) is 3.07. The molecule has 0 spiro atoms. The van der Waals surface area contributed by atoms with Crippen molar-refractivity contribution in [2.75, 3.05) is 5.32 Å². The van der Waals surface area contributed by atoms with Gasteiger partial charge < -0.3 is 10.6 Å². The van der Waals surface area contributed by atoms with E-state index >= 15 is 0 Å². The summed E-state index contributed by atoms with van der Waals surface area (Å²) in [6, 6.07) is 15.1. The maximum Gasteiger partial charge on any atom is 0.240 e. The molecule has 2 amide bonds. The van der Waals surface area contributed by atoms with Gasteiger partial charge in [-0.25, -0.2) is 9.38 Å². The number of hydrogen-bond donors (Lipinski definition) is 2.